The number of anilines is 1. The van der Waals surface area contributed by atoms with Gasteiger partial charge in [0.2, 0.25) is 0 Å². The van der Waals surface area contributed by atoms with Crippen LogP contribution in [0.1, 0.15) is 25.3 Å². The van der Waals surface area contributed by atoms with Crippen LogP contribution >= 0.6 is 0 Å². The van der Waals surface area contributed by atoms with Crippen molar-refractivity contribution in [1.82, 2.24) is 0 Å². The molecule has 17 heavy (non-hydrogen) atoms. The van der Waals surface area contributed by atoms with Crippen LogP contribution in [-0.4, -0.2) is 25.2 Å². The summed E-state index contributed by atoms with van der Waals surface area (Å²) in [5.74, 6) is 1.08. The third-order valence-corrected chi connectivity index (χ3v) is 3.85. The largest absolute Gasteiger partial charge is 0.490 e. The molecule has 1 aromatic carbocycles. The molecule has 2 heterocycles. The van der Waals surface area contributed by atoms with E-state index in [1.54, 1.807) is 0 Å². The molecule has 1 saturated heterocycles. The average Bonchev–Trinajstić information content (AvgIpc) is 2.93. The van der Waals surface area contributed by atoms with Crippen LogP contribution in [-0.2, 0) is 6.42 Å². The van der Waals surface area contributed by atoms with Crippen molar-refractivity contribution in [2.75, 3.05) is 18.0 Å². The number of rotatable bonds is 2. The monoisotopic (exact) mass is 232 g/mol. The third kappa shape index (κ3) is 1.89. The van der Waals surface area contributed by atoms with Crippen LogP contribution < -0.4 is 15.4 Å². The minimum atomic E-state index is 0.329. The lowest BCUT2D eigenvalue weighted by atomic mass is 10.1. The highest BCUT2D eigenvalue weighted by molar-refractivity contribution is 5.61. The summed E-state index contributed by atoms with van der Waals surface area (Å²) in [6, 6.07) is 6.72. The summed E-state index contributed by atoms with van der Waals surface area (Å²) >= 11 is 0. The minimum Gasteiger partial charge on any atom is -0.490 e. The Hall–Kier alpha value is -1.22. The van der Waals surface area contributed by atoms with Crippen molar-refractivity contribution in [1.29, 1.82) is 0 Å². The molecule has 0 aromatic heterocycles. The summed E-state index contributed by atoms with van der Waals surface area (Å²) in [5, 5.41) is 0. The van der Waals surface area contributed by atoms with Crippen molar-refractivity contribution in [2.24, 2.45) is 5.73 Å². The fourth-order valence-electron chi connectivity index (χ4n) is 2.85. The summed E-state index contributed by atoms with van der Waals surface area (Å²) in [7, 11) is 0. The lowest BCUT2D eigenvalue weighted by Crippen LogP contribution is -2.26. The summed E-state index contributed by atoms with van der Waals surface area (Å²) in [6.45, 7) is 4.24. The number of nitrogens with zero attached hydrogens (tertiary/aromatic N) is 1. The van der Waals surface area contributed by atoms with Crippen molar-refractivity contribution in [3.8, 4) is 5.75 Å². The number of hydrogen-bond donors (Lipinski definition) is 1. The van der Waals surface area contributed by atoms with Crippen molar-refractivity contribution in [3.05, 3.63) is 23.8 Å². The van der Waals surface area contributed by atoms with E-state index in [0.29, 0.717) is 12.1 Å². The van der Waals surface area contributed by atoms with Gasteiger partial charge in [0.15, 0.2) is 0 Å². The van der Waals surface area contributed by atoms with Crippen molar-refractivity contribution >= 4 is 5.69 Å². The van der Waals surface area contributed by atoms with Gasteiger partial charge in [0, 0.05) is 36.8 Å². The summed E-state index contributed by atoms with van der Waals surface area (Å²) < 4.78 is 5.93. The topological polar surface area (TPSA) is 38.5 Å². The van der Waals surface area contributed by atoms with E-state index in [9.17, 15) is 0 Å². The number of benzene rings is 1. The van der Waals surface area contributed by atoms with Gasteiger partial charge in [0.25, 0.3) is 0 Å². The fraction of sp³-hybridized carbons (Fsp3) is 0.571. The highest BCUT2D eigenvalue weighted by atomic mass is 16.5. The molecular weight excluding hydrogens is 212 g/mol. The maximum absolute atomic E-state index is 5.99. The van der Waals surface area contributed by atoms with E-state index in [4.69, 9.17) is 10.5 Å². The summed E-state index contributed by atoms with van der Waals surface area (Å²) in [4.78, 5) is 2.41. The summed E-state index contributed by atoms with van der Waals surface area (Å²) in [6.07, 6.45) is 3.59. The van der Waals surface area contributed by atoms with Gasteiger partial charge >= 0.3 is 0 Å². The van der Waals surface area contributed by atoms with Crippen molar-refractivity contribution in [3.63, 3.8) is 0 Å². The molecule has 1 aromatic rings. The van der Waals surface area contributed by atoms with E-state index in [1.165, 1.54) is 11.3 Å². The molecule has 3 heteroatoms. The van der Waals surface area contributed by atoms with Crippen molar-refractivity contribution in [2.45, 2.75) is 38.3 Å². The van der Waals surface area contributed by atoms with Gasteiger partial charge in [-0.1, -0.05) is 13.0 Å². The first-order valence-corrected chi connectivity index (χ1v) is 6.57. The highest BCUT2D eigenvalue weighted by Gasteiger charge is 2.28. The van der Waals surface area contributed by atoms with Crippen LogP contribution in [0.5, 0.6) is 5.75 Å². The molecule has 1 fully saturated rings. The van der Waals surface area contributed by atoms with Crippen LogP contribution in [0.4, 0.5) is 5.69 Å². The highest BCUT2D eigenvalue weighted by Crippen LogP contribution is 2.38. The second-order valence-corrected chi connectivity index (χ2v) is 5.10. The number of nitrogens with two attached hydrogens (primary N) is 1. The Balaban J connectivity index is 1.90. The average molecular weight is 232 g/mol. The second kappa shape index (κ2) is 4.22. The predicted molar refractivity (Wildman–Crippen MR) is 69.7 cm³/mol. The summed E-state index contributed by atoms with van der Waals surface area (Å²) in [5.41, 5.74) is 8.71. The number of fused-ring (bicyclic) bond motifs is 1. The first-order chi connectivity index (χ1) is 8.28. The molecule has 0 bridgehead atoms. The molecule has 1 unspecified atom stereocenters. The van der Waals surface area contributed by atoms with Gasteiger partial charge in [-0.15, -0.1) is 0 Å². The molecule has 3 rings (SSSR count). The Bertz CT molecular complexity index is 419. The Kier molecular flexibility index (Phi) is 2.71. The van der Waals surface area contributed by atoms with Crippen LogP contribution in [0.25, 0.3) is 0 Å². The van der Waals surface area contributed by atoms with E-state index in [-0.39, 0.29) is 0 Å². The SMILES string of the molecule is CCC1Cc2c(cccc2N2CC[C@H](N)C2)O1. The normalized spacial score (nSPS) is 27.1. The van der Waals surface area contributed by atoms with Crippen LogP contribution in [0.15, 0.2) is 18.2 Å². The van der Waals surface area contributed by atoms with Crippen LogP contribution in [0, 0.1) is 0 Å². The molecule has 0 amide bonds. The number of hydrogen-bond acceptors (Lipinski definition) is 3. The molecule has 2 atom stereocenters. The predicted octanol–water partition coefficient (Wildman–Crippen LogP) is 1.94. The third-order valence-electron chi connectivity index (χ3n) is 3.85. The van der Waals surface area contributed by atoms with Gasteiger partial charge in [-0.25, -0.2) is 0 Å². The zero-order valence-corrected chi connectivity index (χ0v) is 10.4. The van der Waals surface area contributed by atoms with E-state index in [1.807, 2.05) is 0 Å². The molecule has 3 nitrogen and oxygen atoms in total. The standard InChI is InChI=1S/C14H20N2O/c1-2-11-8-12-13(4-3-5-14(12)17-11)16-7-6-10(15)9-16/h3-5,10-11H,2,6-9,15H2,1H3/t10-,11?/m0/s1. The second-order valence-electron chi connectivity index (χ2n) is 5.10. The van der Waals surface area contributed by atoms with Crippen molar-refractivity contribution < 1.29 is 4.74 Å². The lowest BCUT2D eigenvalue weighted by molar-refractivity contribution is 0.228. The smallest absolute Gasteiger partial charge is 0.125 e. The molecule has 92 valence electrons. The molecule has 0 radical (unpaired) electrons. The lowest BCUT2D eigenvalue weighted by Gasteiger charge is -2.20. The quantitative estimate of drug-likeness (QED) is 0.847. The maximum Gasteiger partial charge on any atom is 0.125 e. The molecule has 0 spiro atoms. The Morgan fingerprint density at radius 3 is 3.06 bits per heavy atom. The van der Waals surface area contributed by atoms with E-state index < -0.39 is 0 Å². The van der Waals surface area contributed by atoms with Gasteiger partial charge in [-0.2, -0.15) is 0 Å². The van der Waals surface area contributed by atoms with E-state index in [2.05, 4.69) is 30.0 Å². The van der Waals surface area contributed by atoms with Gasteiger partial charge in [-0.05, 0) is 25.0 Å². The molecule has 0 saturated carbocycles. The molecular formula is C14H20N2O. The Morgan fingerprint density at radius 1 is 1.47 bits per heavy atom. The van der Waals surface area contributed by atoms with E-state index >= 15 is 0 Å². The van der Waals surface area contributed by atoms with Gasteiger partial charge in [0.05, 0.1) is 0 Å². The maximum atomic E-state index is 5.99. The molecule has 2 aliphatic rings. The number of ether oxygens (including phenoxy) is 1. The first kappa shape index (κ1) is 10.9. The van der Waals surface area contributed by atoms with E-state index in [0.717, 1.165) is 38.1 Å². The molecule has 2 N–H and O–H groups in total. The Labute approximate surface area is 103 Å². The van der Waals surface area contributed by atoms with Gasteiger partial charge in [-0.3, -0.25) is 0 Å². The first-order valence-electron chi connectivity index (χ1n) is 6.57. The van der Waals surface area contributed by atoms with Crippen LogP contribution in [0.2, 0.25) is 0 Å². The molecule has 2 aliphatic heterocycles. The Morgan fingerprint density at radius 2 is 2.35 bits per heavy atom. The fourth-order valence-corrected chi connectivity index (χ4v) is 2.85. The van der Waals surface area contributed by atoms with Crippen LogP contribution in [0.3, 0.4) is 0 Å². The molecule has 0 aliphatic carbocycles. The van der Waals surface area contributed by atoms with Gasteiger partial charge < -0.3 is 15.4 Å². The zero-order valence-electron chi connectivity index (χ0n) is 10.4. The van der Waals surface area contributed by atoms with Gasteiger partial charge in [0.1, 0.15) is 11.9 Å². The minimum absolute atomic E-state index is 0.329. The zero-order chi connectivity index (χ0) is 11.8.